The van der Waals surface area contributed by atoms with Gasteiger partial charge < -0.3 is 9.57 Å². The predicted molar refractivity (Wildman–Crippen MR) is 69.9 cm³/mol. The summed E-state index contributed by atoms with van der Waals surface area (Å²) in [6.45, 7) is 1.37. The first-order chi connectivity index (χ1) is 8.92. The Kier molecular flexibility index (Phi) is 2.14. The Morgan fingerprint density at radius 2 is 2.06 bits per heavy atom. The molecule has 4 rings (SSSR count). The number of oxime groups is 1. The average molecular weight is 239 g/mol. The van der Waals surface area contributed by atoms with Gasteiger partial charge in [-0.1, -0.05) is 41.6 Å². The first-order valence-electron chi connectivity index (χ1n) is 6.23. The van der Waals surface area contributed by atoms with Gasteiger partial charge in [-0.25, -0.2) is 0 Å². The maximum absolute atomic E-state index is 5.37. The lowest BCUT2D eigenvalue weighted by Gasteiger charge is -2.01. The third kappa shape index (κ3) is 1.59. The topological polar surface area (TPSA) is 34.1 Å². The second-order valence-corrected chi connectivity index (χ2v) is 4.79. The lowest BCUT2D eigenvalue weighted by molar-refractivity contribution is 0.125. The number of ether oxygens (including phenoxy) is 1. The van der Waals surface area contributed by atoms with Gasteiger partial charge in [-0.2, -0.15) is 0 Å². The highest BCUT2D eigenvalue weighted by Gasteiger charge is 2.24. The van der Waals surface area contributed by atoms with Gasteiger partial charge in [-0.3, -0.25) is 0 Å². The Morgan fingerprint density at radius 3 is 2.89 bits per heavy atom. The van der Waals surface area contributed by atoms with Crippen LogP contribution in [0.15, 0.2) is 41.6 Å². The van der Waals surface area contributed by atoms with Crippen molar-refractivity contribution in [2.24, 2.45) is 5.16 Å². The molecule has 2 aromatic carbocycles. The minimum Gasteiger partial charge on any atom is -0.393 e. The maximum atomic E-state index is 5.37. The molecule has 2 aliphatic rings. The summed E-state index contributed by atoms with van der Waals surface area (Å²) in [6.07, 6.45) is 1.12. The molecule has 0 radical (unpaired) electrons. The van der Waals surface area contributed by atoms with Gasteiger partial charge in [-0.15, -0.1) is 0 Å². The molecule has 3 heteroatoms. The maximum Gasteiger partial charge on any atom is 0.145 e. The van der Waals surface area contributed by atoms with Crippen LogP contribution in [0.4, 0.5) is 0 Å². The number of benzene rings is 2. The van der Waals surface area contributed by atoms with Gasteiger partial charge in [0.1, 0.15) is 12.7 Å². The van der Waals surface area contributed by atoms with Crippen molar-refractivity contribution in [3.05, 3.63) is 47.5 Å². The SMILES string of the molecule is c1cc2c3c(cccc3c1)/C(=N/OC[C@H]1CO1)C2. The van der Waals surface area contributed by atoms with E-state index in [1.54, 1.807) is 0 Å². The molecule has 0 N–H and O–H groups in total. The normalized spacial score (nSPS) is 22.7. The molecule has 1 atom stereocenters. The first kappa shape index (κ1) is 10.1. The Morgan fingerprint density at radius 1 is 1.22 bits per heavy atom. The molecule has 0 spiro atoms. The molecule has 0 saturated carbocycles. The van der Waals surface area contributed by atoms with E-state index < -0.39 is 0 Å². The Bertz CT molecular complexity index is 639. The van der Waals surface area contributed by atoms with Crippen molar-refractivity contribution in [1.82, 2.24) is 0 Å². The van der Waals surface area contributed by atoms with E-state index >= 15 is 0 Å². The fourth-order valence-electron chi connectivity index (χ4n) is 2.53. The van der Waals surface area contributed by atoms with Crippen LogP contribution in [-0.2, 0) is 16.0 Å². The summed E-state index contributed by atoms with van der Waals surface area (Å²) >= 11 is 0. The van der Waals surface area contributed by atoms with Crippen LogP contribution in [-0.4, -0.2) is 25.0 Å². The number of rotatable bonds is 3. The fraction of sp³-hybridized carbons (Fsp3) is 0.267. The van der Waals surface area contributed by atoms with Gasteiger partial charge in [0.25, 0.3) is 0 Å². The van der Waals surface area contributed by atoms with Gasteiger partial charge in [0, 0.05) is 12.0 Å². The van der Waals surface area contributed by atoms with Gasteiger partial charge in [0.2, 0.25) is 0 Å². The molecular weight excluding hydrogens is 226 g/mol. The summed E-state index contributed by atoms with van der Waals surface area (Å²) < 4.78 is 5.10. The molecule has 90 valence electrons. The summed E-state index contributed by atoms with van der Waals surface area (Å²) in [5.74, 6) is 0. The minimum atomic E-state index is 0.258. The van der Waals surface area contributed by atoms with E-state index in [2.05, 4.69) is 41.6 Å². The van der Waals surface area contributed by atoms with Crippen molar-refractivity contribution >= 4 is 16.5 Å². The van der Waals surface area contributed by atoms with Gasteiger partial charge in [0.15, 0.2) is 0 Å². The van der Waals surface area contributed by atoms with E-state index in [-0.39, 0.29) is 6.10 Å². The van der Waals surface area contributed by atoms with Crippen LogP contribution in [0.1, 0.15) is 11.1 Å². The highest BCUT2D eigenvalue weighted by atomic mass is 16.7. The van der Waals surface area contributed by atoms with Crippen molar-refractivity contribution in [3.63, 3.8) is 0 Å². The summed E-state index contributed by atoms with van der Waals surface area (Å²) in [5.41, 5.74) is 3.58. The number of hydrogen-bond acceptors (Lipinski definition) is 3. The summed E-state index contributed by atoms with van der Waals surface area (Å²) in [4.78, 5) is 5.37. The van der Waals surface area contributed by atoms with Crippen molar-refractivity contribution < 1.29 is 9.57 Å². The number of hydrogen-bond donors (Lipinski definition) is 0. The zero-order valence-corrected chi connectivity index (χ0v) is 9.93. The lowest BCUT2D eigenvalue weighted by Crippen LogP contribution is -2.02. The monoisotopic (exact) mass is 239 g/mol. The largest absolute Gasteiger partial charge is 0.393 e. The van der Waals surface area contributed by atoms with Crippen molar-refractivity contribution in [3.8, 4) is 0 Å². The van der Waals surface area contributed by atoms with E-state index in [1.165, 1.54) is 21.9 Å². The van der Waals surface area contributed by atoms with Gasteiger partial charge in [0.05, 0.1) is 12.3 Å². The molecule has 3 nitrogen and oxygen atoms in total. The predicted octanol–water partition coefficient (Wildman–Crippen LogP) is 2.52. The third-order valence-corrected chi connectivity index (χ3v) is 3.50. The molecule has 0 bridgehead atoms. The standard InChI is InChI=1S/C15H13NO2/c1-3-10-4-2-6-13-14(7-11(5-1)15(10)13)16-18-9-12-8-17-12/h1-6,12H,7-9H2/b16-14+/t12-/m1/s1. The van der Waals surface area contributed by atoms with E-state index in [0.29, 0.717) is 6.61 Å². The zero-order valence-electron chi connectivity index (χ0n) is 9.93. The molecule has 1 heterocycles. The van der Waals surface area contributed by atoms with Crippen LogP contribution < -0.4 is 0 Å². The smallest absolute Gasteiger partial charge is 0.145 e. The second-order valence-electron chi connectivity index (χ2n) is 4.79. The summed E-state index contributed by atoms with van der Waals surface area (Å²) in [6, 6.07) is 12.7. The van der Waals surface area contributed by atoms with E-state index in [4.69, 9.17) is 9.57 Å². The average Bonchev–Trinajstić information content (AvgIpc) is 3.15. The Balaban J connectivity index is 1.71. The molecule has 1 aliphatic carbocycles. The van der Waals surface area contributed by atoms with E-state index in [9.17, 15) is 0 Å². The molecule has 1 saturated heterocycles. The second kappa shape index (κ2) is 3.82. The highest BCUT2D eigenvalue weighted by Crippen LogP contribution is 2.31. The van der Waals surface area contributed by atoms with Crippen LogP contribution in [0.5, 0.6) is 0 Å². The third-order valence-electron chi connectivity index (χ3n) is 3.50. The molecule has 0 amide bonds. The van der Waals surface area contributed by atoms with Crippen LogP contribution in [0, 0.1) is 0 Å². The van der Waals surface area contributed by atoms with Crippen LogP contribution in [0.2, 0.25) is 0 Å². The number of epoxide rings is 1. The summed E-state index contributed by atoms with van der Waals surface area (Å²) in [5, 5.41) is 6.88. The highest BCUT2D eigenvalue weighted by molar-refractivity contribution is 6.17. The molecule has 0 aromatic heterocycles. The lowest BCUT2D eigenvalue weighted by atomic mass is 10.1. The van der Waals surface area contributed by atoms with E-state index in [0.717, 1.165) is 18.7 Å². The quantitative estimate of drug-likeness (QED) is 0.609. The minimum absolute atomic E-state index is 0.258. The van der Waals surface area contributed by atoms with Crippen LogP contribution >= 0.6 is 0 Å². The molecular formula is C15H13NO2. The van der Waals surface area contributed by atoms with Gasteiger partial charge >= 0.3 is 0 Å². The Hall–Kier alpha value is -1.87. The fourth-order valence-corrected chi connectivity index (χ4v) is 2.53. The number of nitrogens with zero attached hydrogens (tertiary/aromatic N) is 1. The van der Waals surface area contributed by atoms with Crippen LogP contribution in [0.3, 0.4) is 0 Å². The molecule has 1 fully saturated rings. The van der Waals surface area contributed by atoms with Crippen LogP contribution in [0.25, 0.3) is 10.8 Å². The first-order valence-corrected chi connectivity index (χ1v) is 6.23. The molecule has 0 unspecified atom stereocenters. The van der Waals surface area contributed by atoms with Crippen molar-refractivity contribution in [2.75, 3.05) is 13.2 Å². The van der Waals surface area contributed by atoms with Crippen molar-refractivity contribution in [1.29, 1.82) is 0 Å². The zero-order chi connectivity index (χ0) is 11.9. The van der Waals surface area contributed by atoms with Gasteiger partial charge in [-0.05, 0) is 16.3 Å². The van der Waals surface area contributed by atoms with E-state index in [1.807, 2.05) is 0 Å². The Labute approximate surface area is 105 Å². The molecule has 1 aliphatic heterocycles. The molecule has 2 aromatic rings. The summed E-state index contributed by atoms with van der Waals surface area (Å²) in [7, 11) is 0. The molecule has 18 heavy (non-hydrogen) atoms. The van der Waals surface area contributed by atoms with Crippen molar-refractivity contribution in [2.45, 2.75) is 12.5 Å².